The van der Waals surface area contributed by atoms with Crippen molar-refractivity contribution in [1.82, 2.24) is 0 Å². The summed E-state index contributed by atoms with van der Waals surface area (Å²) in [5.74, 6) is 1.16. The fourth-order valence-electron chi connectivity index (χ4n) is 10.1. The van der Waals surface area contributed by atoms with E-state index in [4.69, 9.17) is 4.74 Å². The van der Waals surface area contributed by atoms with E-state index in [1.54, 1.807) is 0 Å². The maximum absolute atomic E-state index is 14.1. The fourth-order valence-corrected chi connectivity index (χ4v) is 10.1. The topological polar surface area (TPSA) is 43.4 Å². The van der Waals surface area contributed by atoms with Crippen molar-refractivity contribution < 1.29 is 14.3 Å². The van der Waals surface area contributed by atoms with Crippen LogP contribution in [-0.4, -0.2) is 18.9 Å². The van der Waals surface area contributed by atoms with Crippen LogP contribution in [0.15, 0.2) is 23.8 Å². The number of esters is 1. The van der Waals surface area contributed by atoms with Crippen molar-refractivity contribution in [2.24, 2.45) is 50.7 Å². The van der Waals surface area contributed by atoms with E-state index in [-0.39, 0.29) is 39.5 Å². The molecule has 7 atom stereocenters. The highest BCUT2D eigenvalue weighted by Gasteiger charge is 2.66. The number of hydrogen-bond acceptors (Lipinski definition) is 3. The van der Waals surface area contributed by atoms with Gasteiger partial charge in [-0.3, -0.25) is 9.59 Å². The second-order valence-corrected chi connectivity index (χ2v) is 14.5. The summed E-state index contributed by atoms with van der Waals surface area (Å²) in [6.45, 7) is 18.8. The number of allylic oxidation sites excluding steroid dienone is 3. The Bertz CT molecular complexity index is 969. The van der Waals surface area contributed by atoms with Crippen LogP contribution in [0.4, 0.5) is 0 Å². The quantitative estimate of drug-likeness (QED) is 0.301. The zero-order valence-electron chi connectivity index (χ0n) is 22.7. The molecule has 4 fully saturated rings. The number of ketones is 1. The summed E-state index contributed by atoms with van der Waals surface area (Å²) in [5.41, 5.74) is 2.70. The largest absolute Gasteiger partial charge is 0.469 e. The van der Waals surface area contributed by atoms with Crippen molar-refractivity contribution in [1.29, 1.82) is 0 Å². The third-order valence-corrected chi connectivity index (χ3v) is 12.2. The zero-order valence-corrected chi connectivity index (χ0v) is 22.7. The number of carbonyl (C=O) groups is 2. The van der Waals surface area contributed by atoms with E-state index >= 15 is 0 Å². The van der Waals surface area contributed by atoms with E-state index in [1.165, 1.54) is 24.7 Å². The molecule has 0 aromatic rings. The number of ether oxygens (including phenoxy) is 1. The van der Waals surface area contributed by atoms with Crippen LogP contribution >= 0.6 is 0 Å². The number of hydrogen-bond donors (Lipinski definition) is 0. The predicted octanol–water partition coefficient (Wildman–Crippen LogP) is 7.31. The van der Waals surface area contributed by atoms with Gasteiger partial charge in [-0.15, -0.1) is 0 Å². The molecule has 0 saturated heterocycles. The van der Waals surface area contributed by atoms with Crippen LogP contribution in [0, 0.1) is 50.7 Å². The lowest BCUT2D eigenvalue weighted by molar-refractivity contribution is -0.178. The number of carbonyl (C=O) groups excluding carboxylic acids is 2. The van der Waals surface area contributed by atoms with Crippen molar-refractivity contribution in [3.8, 4) is 0 Å². The summed E-state index contributed by atoms with van der Waals surface area (Å²) in [5, 5.41) is 0. The molecule has 0 amide bonds. The highest BCUT2D eigenvalue weighted by Crippen LogP contribution is 2.71. The molecule has 5 aliphatic rings. The van der Waals surface area contributed by atoms with Crippen molar-refractivity contribution in [2.75, 3.05) is 7.11 Å². The third kappa shape index (κ3) is 3.00. The lowest BCUT2D eigenvalue weighted by Gasteiger charge is -2.66. The Balaban J connectivity index is 1.61. The summed E-state index contributed by atoms with van der Waals surface area (Å²) in [4.78, 5) is 27.4. The molecule has 0 spiro atoms. The monoisotopic (exact) mass is 466 g/mol. The van der Waals surface area contributed by atoms with Crippen LogP contribution in [0.2, 0.25) is 0 Å². The maximum Gasteiger partial charge on any atom is 0.312 e. The van der Waals surface area contributed by atoms with Gasteiger partial charge in [0.05, 0.1) is 12.5 Å². The third-order valence-electron chi connectivity index (χ3n) is 12.2. The summed E-state index contributed by atoms with van der Waals surface area (Å²) < 4.78 is 5.41. The standard InChI is InChI=1S/C31H46O3/c1-19-9-12-30(7)23(28(19,4)5)11-13-29(6)20-10-14-31(26(33)34-8)16-15-27(2,3)18-21(31)25(20)22(32)17-24(29)30/h17,20-21,23,25H,1,9-16,18H2,2-8H3. The Morgan fingerprint density at radius 2 is 1.65 bits per heavy atom. The Morgan fingerprint density at radius 1 is 0.941 bits per heavy atom. The molecule has 0 aliphatic heterocycles. The summed E-state index contributed by atoms with van der Waals surface area (Å²) in [6, 6.07) is 0. The van der Waals surface area contributed by atoms with Gasteiger partial charge in [-0.1, -0.05) is 59.3 Å². The molecular weight excluding hydrogens is 420 g/mol. The maximum atomic E-state index is 14.1. The fraction of sp³-hybridized carbons (Fsp3) is 0.806. The smallest absolute Gasteiger partial charge is 0.312 e. The molecule has 4 saturated carbocycles. The molecule has 5 aliphatic carbocycles. The van der Waals surface area contributed by atoms with Gasteiger partial charge in [0.25, 0.3) is 0 Å². The summed E-state index contributed by atoms with van der Waals surface area (Å²) >= 11 is 0. The molecule has 0 aromatic carbocycles. The molecule has 34 heavy (non-hydrogen) atoms. The Hall–Kier alpha value is -1.38. The van der Waals surface area contributed by atoms with E-state index in [9.17, 15) is 9.59 Å². The average Bonchev–Trinajstić information content (AvgIpc) is 2.76. The summed E-state index contributed by atoms with van der Waals surface area (Å²) in [6.07, 6.45) is 11.3. The second-order valence-electron chi connectivity index (χ2n) is 14.5. The first kappa shape index (κ1) is 24.3. The average molecular weight is 467 g/mol. The predicted molar refractivity (Wildman–Crippen MR) is 136 cm³/mol. The number of fused-ring (bicyclic) bond motifs is 7. The summed E-state index contributed by atoms with van der Waals surface area (Å²) in [7, 11) is 1.53. The number of methoxy groups -OCH3 is 1. The van der Waals surface area contributed by atoms with E-state index in [0.29, 0.717) is 17.6 Å². The van der Waals surface area contributed by atoms with Gasteiger partial charge in [0.2, 0.25) is 0 Å². The molecule has 5 rings (SSSR count). The molecule has 0 bridgehead atoms. The SMILES string of the molecule is C=C1CCC2(C)C3=CC(=O)C4C(CCC5(C(=O)OC)CCC(C)(C)CC45)C3(C)CCC2C1(C)C. The first-order valence-corrected chi connectivity index (χ1v) is 13.8. The van der Waals surface area contributed by atoms with Gasteiger partial charge in [-0.05, 0) is 103 Å². The van der Waals surface area contributed by atoms with Gasteiger partial charge < -0.3 is 4.74 Å². The minimum absolute atomic E-state index is 0.0441. The molecule has 0 radical (unpaired) electrons. The highest BCUT2D eigenvalue weighted by molar-refractivity contribution is 5.95. The lowest BCUT2D eigenvalue weighted by Crippen LogP contribution is -2.61. The van der Waals surface area contributed by atoms with E-state index in [1.807, 2.05) is 0 Å². The van der Waals surface area contributed by atoms with Crippen molar-refractivity contribution in [2.45, 2.75) is 99.3 Å². The van der Waals surface area contributed by atoms with Crippen LogP contribution in [-0.2, 0) is 14.3 Å². The Kier molecular flexibility index (Phi) is 5.24. The van der Waals surface area contributed by atoms with E-state index < -0.39 is 5.41 Å². The van der Waals surface area contributed by atoms with Gasteiger partial charge in [-0.25, -0.2) is 0 Å². The molecule has 188 valence electrons. The molecule has 3 heteroatoms. The Morgan fingerprint density at radius 3 is 2.32 bits per heavy atom. The van der Waals surface area contributed by atoms with Gasteiger partial charge >= 0.3 is 5.97 Å². The molecular formula is C31H46O3. The van der Waals surface area contributed by atoms with Gasteiger partial charge in [0.1, 0.15) is 0 Å². The molecule has 0 N–H and O–H groups in total. The Labute approximate surface area is 207 Å². The highest BCUT2D eigenvalue weighted by atomic mass is 16.5. The zero-order chi connectivity index (χ0) is 24.9. The first-order chi connectivity index (χ1) is 15.7. The first-order valence-electron chi connectivity index (χ1n) is 13.8. The minimum Gasteiger partial charge on any atom is -0.469 e. The lowest BCUT2D eigenvalue weighted by atomic mass is 9.38. The van der Waals surface area contributed by atoms with Crippen LogP contribution in [0.5, 0.6) is 0 Å². The molecule has 0 aromatic heterocycles. The van der Waals surface area contributed by atoms with E-state index in [2.05, 4.69) is 54.2 Å². The molecule has 7 unspecified atom stereocenters. The van der Waals surface area contributed by atoms with Gasteiger partial charge in [-0.2, -0.15) is 0 Å². The molecule has 0 heterocycles. The normalized spacial score (nSPS) is 46.9. The van der Waals surface area contributed by atoms with Crippen LogP contribution < -0.4 is 0 Å². The van der Waals surface area contributed by atoms with Crippen LogP contribution in [0.25, 0.3) is 0 Å². The van der Waals surface area contributed by atoms with E-state index in [0.717, 1.165) is 51.4 Å². The molecule has 3 nitrogen and oxygen atoms in total. The van der Waals surface area contributed by atoms with Crippen LogP contribution in [0.1, 0.15) is 99.3 Å². The van der Waals surface area contributed by atoms with Crippen molar-refractivity contribution in [3.05, 3.63) is 23.8 Å². The van der Waals surface area contributed by atoms with Crippen molar-refractivity contribution in [3.63, 3.8) is 0 Å². The minimum atomic E-state index is -0.478. The second kappa shape index (κ2) is 7.32. The van der Waals surface area contributed by atoms with Gasteiger partial charge in [0, 0.05) is 5.92 Å². The number of rotatable bonds is 1. The van der Waals surface area contributed by atoms with Crippen LogP contribution in [0.3, 0.4) is 0 Å². The van der Waals surface area contributed by atoms with Crippen molar-refractivity contribution >= 4 is 11.8 Å². The van der Waals surface area contributed by atoms with Gasteiger partial charge in [0.15, 0.2) is 5.78 Å².